The molecule has 1 saturated heterocycles. The first-order valence-electron chi connectivity index (χ1n) is 18.4. The highest BCUT2D eigenvalue weighted by Crippen LogP contribution is 2.36. The number of phenolic OH excluding ortho intramolecular Hbond substituents is 1. The van der Waals surface area contributed by atoms with Gasteiger partial charge in [-0.05, 0) is 77.9 Å². The van der Waals surface area contributed by atoms with E-state index in [4.69, 9.17) is 0 Å². The van der Waals surface area contributed by atoms with Crippen LogP contribution in [-0.2, 0) is 39.2 Å². The van der Waals surface area contributed by atoms with E-state index in [-0.39, 0.29) is 54.6 Å². The monoisotopic (exact) mass is 748 g/mol. The molecule has 1 aromatic heterocycles. The number of nitrogens with zero attached hydrogens (tertiary/aromatic N) is 2. The second-order valence-electron chi connectivity index (χ2n) is 14.1. The van der Waals surface area contributed by atoms with Crippen LogP contribution in [0.1, 0.15) is 53.2 Å². The van der Waals surface area contributed by atoms with Crippen LogP contribution < -0.4 is 10.9 Å². The minimum atomic E-state index is -1.01. The summed E-state index contributed by atoms with van der Waals surface area (Å²) in [5, 5.41) is 34.9. The van der Waals surface area contributed by atoms with Gasteiger partial charge in [-0.25, -0.2) is 4.39 Å². The fourth-order valence-corrected chi connectivity index (χ4v) is 7.31. The molecule has 0 radical (unpaired) electrons. The van der Waals surface area contributed by atoms with Crippen LogP contribution >= 0.6 is 0 Å². The average molecular weight is 749 g/mol. The summed E-state index contributed by atoms with van der Waals surface area (Å²) in [5.74, 6) is -1.58. The summed E-state index contributed by atoms with van der Waals surface area (Å²) < 4.78 is 14.0. The van der Waals surface area contributed by atoms with Gasteiger partial charge in [0.05, 0.1) is 29.9 Å². The first-order chi connectivity index (χ1) is 26.5. The minimum Gasteiger partial charge on any atom is -0.506 e. The third kappa shape index (κ3) is 9.45. The van der Waals surface area contributed by atoms with Gasteiger partial charge in [0, 0.05) is 44.2 Å². The molecule has 286 valence electrons. The summed E-state index contributed by atoms with van der Waals surface area (Å²) in [6, 6.07) is 28.6. The molecule has 1 aliphatic rings. The molecule has 0 bridgehead atoms. The SMILES string of the molecule is O=C(Cc1ccc(CC(=O)N(CCCNC[C@H](O)c2ccc(O)c3[nH]c(=O)ccc23)Cc2cccc(F)c2)cc1)N1CCC(C(=O)O)(c2ccccc2)CC1. The fourth-order valence-electron chi connectivity index (χ4n) is 7.31. The van der Waals surface area contributed by atoms with Gasteiger partial charge in [0.1, 0.15) is 11.6 Å². The molecule has 1 atom stereocenters. The number of likely N-dealkylation sites (tertiary alicyclic amines) is 1. The topological polar surface area (TPSA) is 163 Å². The molecule has 12 heteroatoms. The number of aromatic nitrogens is 1. The van der Waals surface area contributed by atoms with Gasteiger partial charge in [0.2, 0.25) is 17.4 Å². The lowest BCUT2D eigenvalue weighted by Gasteiger charge is -2.39. The molecule has 4 aromatic carbocycles. The Hall–Kier alpha value is -5.85. The molecule has 2 heterocycles. The third-order valence-corrected chi connectivity index (χ3v) is 10.4. The summed E-state index contributed by atoms with van der Waals surface area (Å²) in [5.41, 5.74) is 2.39. The highest BCUT2D eigenvalue weighted by Gasteiger charge is 2.43. The van der Waals surface area contributed by atoms with E-state index < -0.39 is 23.3 Å². The summed E-state index contributed by atoms with van der Waals surface area (Å²) in [6.45, 7) is 1.95. The molecular weight excluding hydrogens is 703 g/mol. The zero-order valence-electron chi connectivity index (χ0n) is 30.4. The Labute approximate surface area is 318 Å². The highest BCUT2D eigenvalue weighted by atomic mass is 19.1. The van der Waals surface area contributed by atoms with Crippen LogP contribution in [-0.4, -0.2) is 80.6 Å². The van der Waals surface area contributed by atoms with Crippen molar-refractivity contribution < 1.29 is 34.1 Å². The van der Waals surface area contributed by atoms with E-state index in [1.807, 2.05) is 54.6 Å². The molecule has 6 rings (SSSR count). The Balaban J connectivity index is 1.02. The fraction of sp³-hybridized carbons (Fsp3) is 0.302. The number of nitrogens with one attached hydrogen (secondary N) is 2. The van der Waals surface area contributed by atoms with Crippen molar-refractivity contribution in [3.05, 3.63) is 147 Å². The minimum absolute atomic E-state index is 0.0777. The molecule has 1 aliphatic heterocycles. The number of aliphatic hydroxyl groups excluding tert-OH is 1. The van der Waals surface area contributed by atoms with Crippen LogP contribution in [0, 0.1) is 5.82 Å². The third-order valence-electron chi connectivity index (χ3n) is 10.4. The molecule has 5 N–H and O–H groups in total. The van der Waals surface area contributed by atoms with E-state index in [2.05, 4.69) is 10.3 Å². The van der Waals surface area contributed by atoms with Crippen LogP contribution in [0.4, 0.5) is 4.39 Å². The quantitative estimate of drug-likeness (QED) is 0.0950. The van der Waals surface area contributed by atoms with Crippen molar-refractivity contribution in [2.75, 3.05) is 32.7 Å². The first-order valence-corrected chi connectivity index (χ1v) is 18.4. The standard InChI is InChI=1S/C43H45FN4O7/c44-33-9-4-6-31(24-33)28-48(21-5-20-45-27-37(50)34-14-16-36(49)41-35(34)15-17-38(51)46-41)40(53)26-30-12-10-29(11-13-30)25-39(52)47-22-18-43(19-23-47,42(54)55)32-7-2-1-3-8-32/h1-4,6-17,24,37,45,49-50H,5,18-23,25-28H2,(H,46,51)(H,54,55)/t37-/m0/s1. The molecule has 55 heavy (non-hydrogen) atoms. The Morgan fingerprint density at radius 3 is 2.27 bits per heavy atom. The first kappa shape index (κ1) is 38.9. The molecule has 0 saturated carbocycles. The second-order valence-corrected chi connectivity index (χ2v) is 14.1. The van der Waals surface area contributed by atoms with E-state index in [0.29, 0.717) is 62.0 Å². The summed E-state index contributed by atoms with van der Waals surface area (Å²) in [4.78, 5) is 56.9. The van der Waals surface area contributed by atoms with Crippen molar-refractivity contribution in [3.63, 3.8) is 0 Å². The predicted molar refractivity (Wildman–Crippen MR) is 206 cm³/mol. The summed E-state index contributed by atoms with van der Waals surface area (Å²) >= 11 is 0. The Bertz CT molecular complexity index is 2180. The largest absolute Gasteiger partial charge is 0.506 e. The molecule has 5 aromatic rings. The predicted octanol–water partition coefficient (Wildman–Crippen LogP) is 4.84. The number of pyridine rings is 1. The number of carbonyl (C=O) groups is 3. The number of aliphatic carboxylic acids is 1. The van der Waals surface area contributed by atoms with Crippen LogP contribution in [0.3, 0.4) is 0 Å². The number of carbonyl (C=O) groups excluding carboxylic acids is 2. The number of halogens is 1. The number of benzene rings is 4. The van der Waals surface area contributed by atoms with E-state index in [1.54, 1.807) is 34.1 Å². The highest BCUT2D eigenvalue weighted by molar-refractivity contribution is 5.87. The Morgan fingerprint density at radius 2 is 1.58 bits per heavy atom. The molecule has 1 fully saturated rings. The van der Waals surface area contributed by atoms with Crippen molar-refractivity contribution in [3.8, 4) is 5.75 Å². The van der Waals surface area contributed by atoms with E-state index >= 15 is 0 Å². The van der Waals surface area contributed by atoms with Crippen LogP contribution in [0.2, 0.25) is 0 Å². The maximum absolute atomic E-state index is 14.0. The number of aromatic amines is 1. The number of hydrogen-bond donors (Lipinski definition) is 5. The van der Waals surface area contributed by atoms with E-state index in [9.17, 15) is 38.9 Å². The van der Waals surface area contributed by atoms with Gasteiger partial charge in [0.15, 0.2) is 0 Å². The van der Waals surface area contributed by atoms with Crippen LogP contribution in [0.25, 0.3) is 10.9 Å². The Morgan fingerprint density at radius 1 is 0.873 bits per heavy atom. The molecule has 2 amide bonds. The van der Waals surface area contributed by atoms with Gasteiger partial charge < -0.3 is 35.4 Å². The number of fused-ring (bicyclic) bond motifs is 1. The molecular formula is C43H45FN4O7. The number of H-pyrrole nitrogens is 1. The summed E-state index contributed by atoms with van der Waals surface area (Å²) in [7, 11) is 0. The summed E-state index contributed by atoms with van der Waals surface area (Å²) in [6.07, 6.45) is 0.570. The normalized spacial score (nSPS) is 14.4. The van der Waals surface area contributed by atoms with Gasteiger partial charge in [-0.2, -0.15) is 0 Å². The van der Waals surface area contributed by atoms with Crippen molar-refractivity contribution in [1.29, 1.82) is 0 Å². The lowest BCUT2D eigenvalue weighted by Crippen LogP contribution is -2.49. The zero-order chi connectivity index (χ0) is 39.0. The van der Waals surface area contributed by atoms with Crippen LogP contribution in [0.15, 0.2) is 108 Å². The number of amides is 2. The van der Waals surface area contributed by atoms with Gasteiger partial charge >= 0.3 is 5.97 Å². The lowest BCUT2D eigenvalue weighted by atomic mass is 9.73. The molecule has 0 aliphatic carbocycles. The Kier molecular flexibility index (Phi) is 12.4. The van der Waals surface area contributed by atoms with Gasteiger partial charge in [0.25, 0.3) is 0 Å². The van der Waals surface area contributed by atoms with Gasteiger partial charge in [-0.3, -0.25) is 19.2 Å². The maximum Gasteiger partial charge on any atom is 0.314 e. The van der Waals surface area contributed by atoms with Crippen molar-refractivity contribution >= 4 is 28.7 Å². The van der Waals surface area contributed by atoms with Crippen molar-refractivity contribution in [2.45, 2.75) is 50.2 Å². The number of rotatable bonds is 15. The smallest absolute Gasteiger partial charge is 0.314 e. The molecule has 11 nitrogen and oxygen atoms in total. The van der Waals surface area contributed by atoms with Gasteiger partial charge in [-0.15, -0.1) is 0 Å². The van der Waals surface area contributed by atoms with Crippen molar-refractivity contribution in [2.24, 2.45) is 0 Å². The number of carboxylic acids is 1. The van der Waals surface area contributed by atoms with Gasteiger partial charge in [-0.1, -0.05) is 72.8 Å². The zero-order valence-corrected chi connectivity index (χ0v) is 30.4. The number of hydrogen-bond acceptors (Lipinski definition) is 7. The number of phenols is 1. The molecule has 0 spiro atoms. The van der Waals surface area contributed by atoms with Crippen LogP contribution in [0.5, 0.6) is 5.75 Å². The molecule has 0 unspecified atom stereocenters. The number of piperidine rings is 1. The van der Waals surface area contributed by atoms with E-state index in [0.717, 1.165) is 16.7 Å². The number of aliphatic hydroxyl groups is 1. The average Bonchev–Trinajstić information content (AvgIpc) is 3.18. The second kappa shape index (κ2) is 17.5. The number of carboxylic acid groups (broad SMARTS) is 1. The van der Waals surface area contributed by atoms with Crippen molar-refractivity contribution in [1.82, 2.24) is 20.1 Å². The van der Waals surface area contributed by atoms with E-state index in [1.165, 1.54) is 24.3 Å². The maximum atomic E-state index is 14.0. The lowest BCUT2D eigenvalue weighted by molar-refractivity contribution is -0.148. The number of aromatic hydroxyl groups is 1.